The average Bonchev–Trinajstić information content (AvgIpc) is 3.39. The molecule has 0 spiro atoms. The van der Waals surface area contributed by atoms with Crippen LogP contribution in [0.5, 0.6) is 11.5 Å². The van der Waals surface area contributed by atoms with E-state index in [0.717, 1.165) is 24.5 Å². The standard InChI is InChI=1S/C29H23F2N3O5S/c1-34-16-25(23-8-9-32-27(23)29(34)36)24-14-22(40(2,37)38)6-7-26(24)39-21-5-3-4-18(12-21)28(35)33-15-17-10-19(30)13-20(31)11-17/h3-14,16,32H,15H2,1-2H3,(H,33,35). The molecule has 0 aliphatic heterocycles. The van der Waals surface area contributed by atoms with Gasteiger partial charge in [0.1, 0.15) is 28.7 Å². The quantitative estimate of drug-likeness (QED) is 0.292. The molecule has 3 aromatic carbocycles. The molecule has 2 aromatic heterocycles. The number of aromatic amines is 1. The molecule has 0 fully saturated rings. The van der Waals surface area contributed by atoms with E-state index < -0.39 is 27.4 Å². The van der Waals surface area contributed by atoms with Gasteiger partial charge in [-0.05, 0) is 60.2 Å². The number of nitrogens with one attached hydrogen (secondary N) is 2. The molecule has 8 nitrogen and oxygen atoms in total. The first-order valence-corrected chi connectivity index (χ1v) is 13.9. The molecule has 0 bridgehead atoms. The summed E-state index contributed by atoms with van der Waals surface area (Å²) in [6, 6.07) is 15.4. The van der Waals surface area contributed by atoms with Gasteiger partial charge in [0, 0.05) is 60.4 Å². The number of carbonyl (C=O) groups excluding carboxylic acids is 1. The van der Waals surface area contributed by atoms with Crippen molar-refractivity contribution in [1.29, 1.82) is 0 Å². The van der Waals surface area contributed by atoms with Gasteiger partial charge in [0.15, 0.2) is 9.84 Å². The van der Waals surface area contributed by atoms with Crippen molar-refractivity contribution >= 4 is 26.6 Å². The molecule has 0 unspecified atom stereocenters. The fourth-order valence-electron chi connectivity index (χ4n) is 4.35. The van der Waals surface area contributed by atoms with E-state index >= 15 is 0 Å². The first-order chi connectivity index (χ1) is 19.0. The van der Waals surface area contributed by atoms with Crippen molar-refractivity contribution in [2.45, 2.75) is 11.4 Å². The van der Waals surface area contributed by atoms with E-state index in [1.165, 1.54) is 28.8 Å². The number of aryl methyl sites for hydroxylation is 1. The van der Waals surface area contributed by atoms with Gasteiger partial charge in [0.25, 0.3) is 11.5 Å². The van der Waals surface area contributed by atoms with Crippen molar-refractivity contribution in [2.24, 2.45) is 7.05 Å². The van der Waals surface area contributed by atoms with E-state index in [4.69, 9.17) is 4.74 Å². The van der Waals surface area contributed by atoms with Crippen LogP contribution in [0.3, 0.4) is 0 Å². The highest BCUT2D eigenvalue weighted by Gasteiger charge is 2.19. The minimum Gasteiger partial charge on any atom is -0.457 e. The van der Waals surface area contributed by atoms with Gasteiger partial charge in [0.2, 0.25) is 0 Å². The van der Waals surface area contributed by atoms with Gasteiger partial charge in [-0.2, -0.15) is 0 Å². The Morgan fingerprint density at radius 3 is 2.48 bits per heavy atom. The van der Waals surface area contributed by atoms with Crippen LogP contribution in [0.2, 0.25) is 0 Å². The summed E-state index contributed by atoms with van der Waals surface area (Å²) in [6.45, 7) is -0.0882. The summed E-state index contributed by atoms with van der Waals surface area (Å²) in [5.74, 6) is -1.40. The Hall–Kier alpha value is -4.77. The molecule has 0 aliphatic carbocycles. The molecule has 2 N–H and O–H groups in total. The van der Waals surface area contributed by atoms with Crippen LogP contribution >= 0.6 is 0 Å². The van der Waals surface area contributed by atoms with Gasteiger partial charge in [-0.3, -0.25) is 9.59 Å². The van der Waals surface area contributed by atoms with Gasteiger partial charge < -0.3 is 19.6 Å². The highest BCUT2D eigenvalue weighted by Crippen LogP contribution is 2.38. The molecule has 5 rings (SSSR count). The predicted octanol–water partition coefficient (Wildman–Crippen LogP) is 4.94. The zero-order valence-corrected chi connectivity index (χ0v) is 22.2. The lowest BCUT2D eigenvalue weighted by Gasteiger charge is -2.15. The Bertz CT molecular complexity index is 1930. The third-order valence-corrected chi connectivity index (χ3v) is 7.37. The second kappa shape index (κ2) is 10.4. The second-order valence-corrected chi connectivity index (χ2v) is 11.3. The number of sulfone groups is 1. The monoisotopic (exact) mass is 563 g/mol. The summed E-state index contributed by atoms with van der Waals surface area (Å²) in [7, 11) is -1.97. The van der Waals surface area contributed by atoms with Crippen LogP contribution in [0.25, 0.3) is 22.0 Å². The zero-order chi connectivity index (χ0) is 28.6. The SMILES string of the molecule is Cn1cc(-c2cc(S(C)(=O)=O)ccc2Oc2cccc(C(=O)NCc3cc(F)cc(F)c3)c2)c2cc[nH]c2c1=O. The fourth-order valence-corrected chi connectivity index (χ4v) is 5.00. The van der Waals surface area contributed by atoms with E-state index in [0.29, 0.717) is 27.8 Å². The van der Waals surface area contributed by atoms with E-state index in [1.54, 1.807) is 43.7 Å². The highest BCUT2D eigenvalue weighted by atomic mass is 32.2. The average molecular weight is 564 g/mol. The largest absolute Gasteiger partial charge is 0.457 e. The third kappa shape index (κ3) is 5.50. The molecule has 1 amide bonds. The third-order valence-electron chi connectivity index (χ3n) is 6.26. The zero-order valence-electron chi connectivity index (χ0n) is 21.4. The Labute approximate surface area is 227 Å². The van der Waals surface area contributed by atoms with Crippen molar-refractivity contribution < 1.29 is 26.7 Å². The van der Waals surface area contributed by atoms with Crippen molar-refractivity contribution in [1.82, 2.24) is 14.9 Å². The van der Waals surface area contributed by atoms with Gasteiger partial charge in [-0.25, -0.2) is 17.2 Å². The first-order valence-electron chi connectivity index (χ1n) is 12.0. The van der Waals surface area contributed by atoms with Crippen LogP contribution in [-0.4, -0.2) is 30.1 Å². The van der Waals surface area contributed by atoms with Crippen LogP contribution in [0.1, 0.15) is 15.9 Å². The molecule has 5 aromatic rings. The van der Waals surface area contributed by atoms with Crippen LogP contribution in [-0.2, 0) is 23.4 Å². The maximum absolute atomic E-state index is 13.5. The summed E-state index contributed by atoms with van der Waals surface area (Å²) in [5.41, 5.74) is 1.60. The van der Waals surface area contributed by atoms with E-state index in [2.05, 4.69) is 10.3 Å². The summed E-state index contributed by atoms with van der Waals surface area (Å²) in [5, 5.41) is 3.20. The van der Waals surface area contributed by atoms with Crippen LogP contribution in [0.15, 0.2) is 88.8 Å². The molecule has 40 heavy (non-hydrogen) atoms. The molecule has 11 heteroatoms. The van der Waals surface area contributed by atoms with E-state index in [-0.39, 0.29) is 33.9 Å². The molecule has 0 radical (unpaired) electrons. The number of amides is 1. The number of carbonyl (C=O) groups is 1. The minimum absolute atomic E-state index is 0.0642. The van der Waals surface area contributed by atoms with Gasteiger partial charge >= 0.3 is 0 Å². The van der Waals surface area contributed by atoms with Crippen molar-refractivity contribution in [3.63, 3.8) is 0 Å². The lowest BCUT2D eigenvalue weighted by atomic mass is 10.0. The maximum Gasteiger partial charge on any atom is 0.274 e. The molecule has 0 atom stereocenters. The smallest absolute Gasteiger partial charge is 0.274 e. The number of benzene rings is 3. The molecular weight excluding hydrogens is 540 g/mol. The predicted molar refractivity (Wildman–Crippen MR) is 146 cm³/mol. The van der Waals surface area contributed by atoms with Crippen molar-refractivity contribution in [3.8, 4) is 22.6 Å². The molecular formula is C29H23F2N3O5S. The molecule has 204 valence electrons. The number of H-pyrrole nitrogens is 1. The lowest BCUT2D eigenvalue weighted by molar-refractivity contribution is 0.0950. The number of hydrogen-bond acceptors (Lipinski definition) is 5. The normalized spacial score (nSPS) is 11.5. The number of rotatable bonds is 7. The number of fused-ring (bicyclic) bond motifs is 1. The first kappa shape index (κ1) is 26.8. The van der Waals surface area contributed by atoms with Crippen molar-refractivity contribution in [3.05, 3.63) is 112 Å². The van der Waals surface area contributed by atoms with Gasteiger partial charge in [-0.1, -0.05) is 6.07 Å². The van der Waals surface area contributed by atoms with Crippen molar-refractivity contribution in [2.75, 3.05) is 6.26 Å². The van der Waals surface area contributed by atoms with Crippen LogP contribution in [0, 0.1) is 11.6 Å². The number of ether oxygens (including phenoxy) is 1. The number of pyridine rings is 1. The maximum atomic E-state index is 13.5. The minimum atomic E-state index is -3.57. The summed E-state index contributed by atoms with van der Waals surface area (Å²) >= 11 is 0. The summed E-state index contributed by atoms with van der Waals surface area (Å²) < 4.78 is 59.2. The number of nitrogens with zero attached hydrogens (tertiary/aromatic N) is 1. The lowest BCUT2D eigenvalue weighted by Crippen LogP contribution is -2.22. The van der Waals surface area contributed by atoms with Crippen LogP contribution < -0.4 is 15.6 Å². The Kier molecular flexibility index (Phi) is 6.99. The highest BCUT2D eigenvalue weighted by molar-refractivity contribution is 7.90. The molecule has 2 heterocycles. The van der Waals surface area contributed by atoms with Crippen LogP contribution in [0.4, 0.5) is 8.78 Å². The number of halogens is 2. The number of hydrogen-bond donors (Lipinski definition) is 2. The van der Waals surface area contributed by atoms with E-state index in [1.807, 2.05) is 0 Å². The molecule has 0 saturated carbocycles. The topological polar surface area (TPSA) is 110 Å². The Morgan fingerprint density at radius 1 is 1.00 bits per heavy atom. The van der Waals surface area contributed by atoms with Gasteiger partial charge in [0.05, 0.1) is 4.90 Å². The Morgan fingerprint density at radius 2 is 1.75 bits per heavy atom. The van der Waals surface area contributed by atoms with E-state index in [9.17, 15) is 26.8 Å². The number of aromatic nitrogens is 2. The summed E-state index contributed by atoms with van der Waals surface area (Å²) in [6.07, 6.45) is 4.32. The fraction of sp³-hybridized carbons (Fsp3) is 0.103. The molecule has 0 saturated heterocycles. The molecule has 0 aliphatic rings. The second-order valence-electron chi connectivity index (χ2n) is 9.25. The Balaban J connectivity index is 1.49. The van der Waals surface area contributed by atoms with Gasteiger partial charge in [-0.15, -0.1) is 0 Å². The summed E-state index contributed by atoms with van der Waals surface area (Å²) in [4.78, 5) is 28.3.